The zero-order chi connectivity index (χ0) is 18.6. The quantitative estimate of drug-likeness (QED) is 0.742. The highest BCUT2D eigenvalue weighted by Gasteiger charge is 2.18. The molecule has 1 aromatic carbocycles. The third kappa shape index (κ3) is 4.81. The Bertz CT molecular complexity index is 787. The Balaban J connectivity index is 2.14. The molecule has 1 aromatic heterocycles. The molecule has 2 N–H and O–H groups in total. The third-order valence-electron chi connectivity index (χ3n) is 3.29. The first-order chi connectivity index (χ1) is 11.8. The monoisotopic (exact) mass is 403 g/mol. The fourth-order valence-electron chi connectivity index (χ4n) is 2.00. The molecule has 0 radical (unpaired) electrons. The number of hydrogen-bond acceptors (Lipinski definition) is 5. The maximum Gasteiger partial charge on any atom is 0.247 e. The number of halogens is 3. The fraction of sp³-hybridized carbons (Fsp3) is 0.250. The Kier molecular flexibility index (Phi) is 6.58. The lowest BCUT2D eigenvalue weighted by molar-refractivity contribution is -0.116. The SMILES string of the molecule is COc1cc(OC)c(NC(C)C(=O)Nc2ncc(Cl)cc2Cl)cc1Cl. The van der Waals surface area contributed by atoms with Gasteiger partial charge >= 0.3 is 0 Å². The number of hydrogen-bond donors (Lipinski definition) is 2. The normalized spacial score (nSPS) is 11.6. The first kappa shape index (κ1) is 19.4. The second kappa shape index (κ2) is 8.47. The molecule has 1 atom stereocenters. The molecule has 0 aliphatic carbocycles. The van der Waals surface area contributed by atoms with E-state index in [-0.39, 0.29) is 16.7 Å². The van der Waals surface area contributed by atoms with Gasteiger partial charge in [-0.2, -0.15) is 0 Å². The largest absolute Gasteiger partial charge is 0.495 e. The summed E-state index contributed by atoms with van der Waals surface area (Å²) in [4.78, 5) is 16.3. The number of aromatic nitrogens is 1. The van der Waals surface area contributed by atoms with Crippen LogP contribution in [0, 0.1) is 0 Å². The number of amides is 1. The number of pyridine rings is 1. The lowest BCUT2D eigenvalue weighted by Crippen LogP contribution is -2.32. The average Bonchev–Trinajstić information content (AvgIpc) is 2.57. The summed E-state index contributed by atoms with van der Waals surface area (Å²) in [6.07, 6.45) is 1.40. The van der Waals surface area contributed by atoms with Crippen molar-refractivity contribution in [1.82, 2.24) is 4.98 Å². The highest BCUT2D eigenvalue weighted by molar-refractivity contribution is 6.36. The van der Waals surface area contributed by atoms with Crippen molar-refractivity contribution >= 4 is 52.2 Å². The van der Waals surface area contributed by atoms with E-state index in [1.165, 1.54) is 26.5 Å². The summed E-state index contributed by atoms with van der Waals surface area (Å²) in [5.74, 6) is 0.844. The molecule has 9 heteroatoms. The van der Waals surface area contributed by atoms with E-state index in [0.717, 1.165) is 0 Å². The van der Waals surface area contributed by atoms with Crippen LogP contribution in [0.5, 0.6) is 11.5 Å². The fourth-order valence-corrected chi connectivity index (χ4v) is 2.67. The minimum atomic E-state index is -0.619. The molecule has 0 saturated carbocycles. The van der Waals surface area contributed by atoms with Crippen molar-refractivity contribution in [2.45, 2.75) is 13.0 Å². The summed E-state index contributed by atoms with van der Waals surface area (Å²) in [6.45, 7) is 1.68. The van der Waals surface area contributed by atoms with E-state index in [1.54, 1.807) is 19.1 Å². The Morgan fingerprint density at radius 2 is 1.76 bits per heavy atom. The van der Waals surface area contributed by atoms with Gasteiger partial charge in [0, 0.05) is 12.3 Å². The Hall–Kier alpha value is -1.89. The van der Waals surface area contributed by atoms with Crippen molar-refractivity contribution in [2.75, 3.05) is 24.9 Å². The molecule has 0 bridgehead atoms. The zero-order valence-electron chi connectivity index (χ0n) is 13.7. The molecule has 0 aliphatic rings. The van der Waals surface area contributed by atoms with Crippen LogP contribution in [0.3, 0.4) is 0 Å². The number of rotatable bonds is 6. The summed E-state index contributed by atoms with van der Waals surface area (Å²) in [7, 11) is 3.02. The van der Waals surface area contributed by atoms with Crippen LogP contribution in [0.4, 0.5) is 11.5 Å². The van der Waals surface area contributed by atoms with Gasteiger partial charge in [0.1, 0.15) is 17.5 Å². The molecule has 0 aliphatic heterocycles. The van der Waals surface area contributed by atoms with E-state index in [9.17, 15) is 4.79 Å². The lowest BCUT2D eigenvalue weighted by atomic mass is 10.2. The Morgan fingerprint density at radius 3 is 2.36 bits per heavy atom. The molecular weight excluding hydrogens is 389 g/mol. The smallest absolute Gasteiger partial charge is 0.247 e. The van der Waals surface area contributed by atoms with E-state index >= 15 is 0 Å². The van der Waals surface area contributed by atoms with E-state index in [1.807, 2.05) is 0 Å². The van der Waals surface area contributed by atoms with E-state index in [0.29, 0.717) is 27.2 Å². The van der Waals surface area contributed by atoms with Crippen LogP contribution in [0.25, 0.3) is 0 Å². The number of nitrogens with zero attached hydrogens (tertiary/aromatic N) is 1. The number of carbonyl (C=O) groups is 1. The molecule has 1 unspecified atom stereocenters. The summed E-state index contributed by atoms with van der Waals surface area (Å²) < 4.78 is 10.4. The van der Waals surface area contributed by atoms with Crippen LogP contribution in [0.1, 0.15) is 6.92 Å². The van der Waals surface area contributed by atoms with Gasteiger partial charge in [-0.3, -0.25) is 4.79 Å². The number of carbonyl (C=O) groups excluding carboxylic acids is 1. The second-order valence-electron chi connectivity index (χ2n) is 5.03. The standard InChI is InChI=1S/C16H16Cl3N3O3/c1-8(16(23)22-15-11(19)4-9(17)7-20-15)21-12-5-10(18)13(24-2)6-14(12)25-3/h4-8,21H,1-3H3,(H,20,22,23). The van der Waals surface area contributed by atoms with Gasteiger partial charge in [-0.05, 0) is 19.1 Å². The molecule has 2 rings (SSSR count). The van der Waals surface area contributed by atoms with Crippen LogP contribution in [0.15, 0.2) is 24.4 Å². The highest BCUT2D eigenvalue weighted by atomic mass is 35.5. The van der Waals surface area contributed by atoms with Crippen molar-refractivity contribution in [2.24, 2.45) is 0 Å². The molecule has 0 saturated heterocycles. The predicted octanol–water partition coefficient (Wildman–Crippen LogP) is 4.50. The third-order valence-corrected chi connectivity index (χ3v) is 4.08. The summed E-state index contributed by atoms with van der Waals surface area (Å²) in [5.41, 5.74) is 0.547. The van der Waals surface area contributed by atoms with Crippen molar-refractivity contribution in [3.05, 3.63) is 39.5 Å². The van der Waals surface area contributed by atoms with Crippen molar-refractivity contribution in [3.63, 3.8) is 0 Å². The predicted molar refractivity (Wildman–Crippen MR) is 101 cm³/mol. The Morgan fingerprint density at radius 1 is 1.08 bits per heavy atom. The topological polar surface area (TPSA) is 72.5 Å². The van der Waals surface area contributed by atoms with Gasteiger partial charge < -0.3 is 20.1 Å². The number of nitrogens with one attached hydrogen (secondary N) is 2. The van der Waals surface area contributed by atoms with Gasteiger partial charge in [0.05, 0.1) is 35.0 Å². The lowest BCUT2D eigenvalue weighted by Gasteiger charge is -2.18. The van der Waals surface area contributed by atoms with E-state index in [4.69, 9.17) is 44.3 Å². The van der Waals surface area contributed by atoms with Gasteiger partial charge in [0.2, 0.25) is 5.91 Å². The zero-order valence-corrected chi connectivity index (χ0v) is 16.0. The molecule has 0 spiro atoms. The van der Waals surface area contributed by atoms with Gasteiger partial charge in [-0.15, -0.1) is 0 Å². The first-order valence-electron chi connectivity index (χ1n) is 7.15. The van der Waals surface area contributed by atoms with E-state index in [2.05, 4.69) is 15.6 Å². The number of anilines is 2. The number of methoxy groups -OCH3 is 2. The molecule has 2 aromatic rings. The minimum absolute atomic E-state index is 0.226. The van der Waals surface area contributed by atoms with Gasteiger partial charge in [-0.25, -0.2) is 4.98 Å². The number of benzene rings is 1. The molecule has 1 amide bonds. The number of ether oxygens (including phenoxy) is 2. The van der Waals surface area contributed by atoms with Crippen LogP contribution < -0.4 is 20.1 Å². The maximum atomic E-state index is 12.4. The molecule has 25 heavy (non-hydrogen) atoms. The van der Waals surface area contributed by atoms with Gasteiger partial charge in [0.15, 0.2) is 5.82 Å². The molecular formula is C16H16Cl3N3O3. The molecule has 134 valence electrons. The Labute approximate surface area is 160 Å². The summed E-state index contributed by atoms with van der Waals surface area (Å²) >= 11 is 17.9. The van der Waals surface area contributed by atoms with Gasteiger partial charge in [-0.1, -0.05) is 34.8 Å². The highest BCUT2D eigenvalue weighted by Crippen LogP contribution is 2.36. The minimum Gasteiger partial charge on any atom is -0.495 e. The average molecular weight is 405 g/mol. The molecule has 0 fully saturated rings. The van der Waals surface area contributed by atoms with Crippen LogP contribution in [-0.2, 0) is 4.79 Å². The second-order valence-corrected chi connectivity index (χ2v) is 6.28. The molecule has 6 nitrogen and oxygen atoms in total. The van der Waals surface area contributed by atoms with Crippen molar-refractivity contribution in [1.29, 1.82) is 0 Å². The van der Waals surface area contributed by atoms with Crippen LogP contribution >= 0.6 is 34.8 Å². The maximum absolute atomic E-state index is 12.4. The first-order valence-corrected chi connectivity index (χ1v) is 8.29. The van der Waals surface area contributed by atoms with Crippen LogP contribution in [0.2, 0.25) is 15.1 Å². The van der Waals surface area contributed by atoms with E-state index < -0.39 is 6.04 Å². The van der Waals surface area contributed by atoms with Crippen molar-refractivity contribution in [3.8, 4) is 11.5 Å². The summed E-state index contributed by atoms with van der Waals surface area (Å²) in [6, 6.07) is 4.13. The summed E-state index contributed by atoms with van der Waals surface area (Å²) in [5, 5.41) is 6.68. The van der Waals surface area contributed by atoms with Crippen LogP contribution in [-0.4, -0.2) is 31.2 Å². The van der Waals surface area contributed by atoms with Gasteiger partial charge in [0.25, 0.3) is 0 Å². The molecule has 1 heterocycles. The van der Waals surface area contributed by atoms with Crippen molar-refractivity contribution < 1.29 is 14.3 Å².